The highest BCUT2D eigenvalue weighted by molar-refractivity contribution is 5.44. The summed E-state index contributed by atoms with van der Waals surface area (Å²) in [4.78, 5) is 0. The van der Waals surface area contributed by atoms with Gasteiger partial charge in [0.05, 0.1) is 14.2 Å². The molecule has 4 heteroatoms. The average molecular weight is 260 g/mol. The van der Waals surface area contributed by atoms with Gasteiger partial charge in [0.2, 0.25) is 0 Å². The Morgan fingerprint density at radius 3 is 2.05 bits per heavy atom. The SMILES string of the molecule is COc1ccc(C(O)c2cc(OC)ccc2O)cc1. The van der Waals surface area contributed by atoms with E-state index in [9.17, 15) is 10.2 Å². The average Bonchev–Trinajstić information content (AvgIpc) is 2.47. The van der Waals surface area contributed by atoms with Gasteiger partial charge in [0.1, 0.15) is 23.4 Å². The Morgan fingerprint density at radius 2 is 1.47 bits per heavy atom. The third-order valence-electron chi connectivity index (χ3n) is 2.96. The molecule has 0 heterocycles. The minimum atomic E-state index is -0.916. The van der Waals surface area contributed by atoms with Gasteiger partial charge in [-0.25, -0.2) is 0 Å². The Morgan fingerprint density at radius 1 is 0.895 bits per heavy atom. The number of methoxy groups -OCH3 is 2. The highest BCUT2D eigenvalue weighted by Gasteiger charge is 2.15. The summed E-state index contributed by atoms with van der Waals surface area (Å²) < 4.78 is 10.2. The molecule has 4 nitrogen and oxygen atoms in total. The number of ether oxygens (including phenoxy) is 2. The van der Waals surface area contributed by atoms with Crippen molar-refractivity contribution in [3.63, 3.8) is 0 Å². The Kier molecular flexibility index (Phi) is 3.92. The minimum absolute atomic E-state index is 0.0316. The maximum atomic E-state index is 10.3. The van der Waals surface area contributed by atoms with Gasteiger partial charge in [-0.1, -0.05) is 12.1 Å². The Hall–Kier alpha value is -2.20. The summed E-state index contributed by atoms with van der Waals surface area (Å²) in [5.41, 5.74) is 1.08. The first-order valence-electron chi connectivity index (χ1n) is 5.84. The van der Waals surface area contributed by atoms with Crippen molar-refractivity contribution in [1.82, 2.24) is 0 Å². The molecule has 2 aromatic carbocycles. The van der Waals surface area contributed by atoms with Gasteiger partial charge >= 0.3 is 0 Å². The van der Waals surface area contributed by atoms with Crippen molar-refractivity contribution in [3.8, 4) is 17.2 Å². The number of phenolic OH excluding ortho intramolecular Hbond substituents is 1. The Bertz CT molecular complexity index is 549. The molecule has 0 amide bonds. The fourth-order valence-electron chi connectivity index (χ4n) is 1.84. The van der Waals surface area contributed by atoms with Gasteiger partial charge in [0, 0.05) is 5.56 Å². The van der Waals surface area contributed by atoms with Crippen LogP contribution in [0.1, 0.15) is 17.2 Å². The molecule has 0 spiro atoms. The van der Waals surface area contributed by atoms with E-state index in [1.807, 2.05) is 0 Å². The summed E-state index contributed by atoms with van der Waals surface area (Å²) in [5.74, 6) is 1.33. The Balaban J connectivity index is 2.34. The lowest BCUT2D eigenvalue weighted by atomic mass is 10.0. The maximum absolute atomic E-state index is 10.3. The van der Waals surface area contributed by atoms with E-state index in [1.54, 1.807) is 43.5 Å². The van der Waals surface area contributed by atoms with E-state index in [2.05, 4.69) is 0 Å². The summed E-state index contributed by atoms with van der Waals surface area (Å²) in [6, 6.07) is 11.8. The predicted octanol–water partition coefficient (Wildman–Crippen LogP) is 2.49. The minimum Gasteiger partial charge on any atom is -0.508 e. The largest absolute Gasteiger partial charge is 0.508 e. The van der Waals surface area contributed by atoms with Crippen LogP contribution in [0.15, 0.2) is 42.5 Å². The molecule has 0 aliphatic rings. The highest BCUT2D eigenvalue weighted by Crippen LogP contribution is 2.32. The summed E-state index contributed by atoms with van der Waals surface area (Å²) in [6.07, 6.45) is -0.916. The van der Waals surface area contributed by atoms with Crippen molar-refractivity contribution in [1.29, 1.82) is 0 Å². The van der Waals surface area contributed by atoms with E-state index in [0.29, 0.717) is 22.6 Å². The molecule has 0 saturated carbocycles. The molecule has 0 aliphatic carbocycles. The number of hydrogen-bond donors (Lipinski definition) is 2. The van der Waals surface area contributed by atoms with Crippen molar-refractivity contribution in [2.75, 3.05) is 14.2 Å². The first-order chi connectivity index (χ1) is 9.15. The number of phenols is 1. The standard InChI is InChI=1S/C15H16O4/c1-18-11-5-3-10(4-6-11)15(17)13-9-12(19-2)7-8-14(13)16/h3-9,15-17H,1-2H3. The fraction of sp³-hybridized carbons (Fsp3) is 0.200. The molecule has 2 rings (SSSR count). The molecular formula is C15H16O4. The first kappa shape index (κ1) is 13.2. The molecule has 1 atom stereocenters. The number of aliphatic hydroxyl groups is 1. The lowest BCUT2D eigenvalue weighted by molar-refractivity contribution is 0.215. The second-order valence-electron chi connectivity index (χ2n) is 4.10. The van der Waals surface area contributed by atoms with Crippen LogP contribution in [-0.4, -0.2) is 24.4 Å². The van der Waals surface area contributed by atoms with Crippen LogP contribution in [0, 0.1) is 0 Å². The van der Waals surface area contributed by atoms with Crippen LogP contribution < -0.4 is 9.47 Å². The Labute approximate surface area is 111 Å². The van der Waals surface area contributed by atoms with Crippen LogP contribution in [0.25, 0.3) is 0 Å². The van der Waals surface area contributed by atoms with Crippen LogP contribution in [0.2, 0.25) is 0 Å². The van der Waals surface area contributed by atoms with Gasteiger partial charge in [-0.2, -0.15) is 0 Å². The van der Waals surface area contributed by atoms with E-state index in [0.717, 1.165) is 0 Å². The zero-order chi connectivity index (χ0) is 13.8. The van der Waals surface area contributed by atoms with Gasteiger partial charge < -0.3 is 19.7 Å². The molecule has 19 heavy (non-hydrogen) atoms. The second-order valence-corrected chi connectivity index (χ2v) is 4.10. The number of aliphatic hydroxyl groups excluding tert-OH is 1. The smallest absolute Gasteiger partial charge is 0.122 e. The fourth-order valence-corrected chi connectivity index (χ4v) is 1.84. The van der Waals surface area contributed by atoms with Crippen LogP contribution in [0.3, 0.4) is 0 Å². The molecule has 0 radical (unpaired) electrons. The van der Waals surface area contributed by atoms with E-state index >= 15 is 0 Å². The number of aromatic hydroxyl groups is 1. The summed E-state index contributed by atoms with van der Waals surface area (Å²) in [7, 11) is 3.12. The van der Waals surface area contributed by atoms with Gasteiger partial charge in [0.15, 0.2) is 0 Å². The number of benzene rings is 2. The lowest BCUT2D eigenvalue weighted by Crippen LogP contribution is -2.00. The van der Waals surface area contributed by atoms with Gasteiger partial charge in [-0.15, -0.1) is 0 Å². The van der Waals surface area contributed by atoms with Crippen molar-refractivity contribution in [3.05, 3.63) is 53.6 Å². The molecule has 0 aromatic heterocycles. The van der Waals surface area contributed by atoms with Gasteiger partial charge in [-0.05, 0) is 35.9 Å². The van der Waals surface area contributed by atoms with Gasteiger partial charge in [0.25, 0.3) is 0 Å². The quantitative estimate of drug-likeness (QED) is 0.886. The van der Waals surface area contributed by atoms with Crippen LogP contribution in [-0.2, 0) is 0 Å². The molecule has 1 unspecified atom stereocenters. The van der Waals surface area contributed by atoms with E-state index in [4.69, 9.17) is 9.47 Å². The van der Waals surface area contributed by atoms with E-state index < -0.39 is 6.10 Å². The highest BCUT2D eigenvalue weighted by atomic mass is 16.5. The molecule has 100 valence electrons. The molecule has 0 aliphatic heterocycles. The number of rotatable bonds is 4. The topological polar surface area (TPSA) is 58.9 Å². The van der Waals surface area contributed by atoms with Crippen LogP contribution >= 0.6 is 0 Å². The van der Waals surface area contributed by atoms with Gasteiger partial charge in [-0.3, -0.25) is 0 Å². The normalized spacial score (nSPS) is 11.9. The monoisotopic (exact) mass is 260 g/mol. The molecular weight excluding hydrogens is 244 g/mol. The van der Waals surface area contributed by atoms with Crippen LogP contribution in [0.5, 0.6) is 17.2 Å². The van der Waals surface area contributed by atoms with Crippen LogP contribution in [0.4, 0.5) is 0 Å². The molecule has 0 fully saturated rings. The first-order valence-corrected chi connectivity index (χ1v) is 5.84. The third-order valence-corrected chi connectivity index (χ3v) is 2.96. The predicted molar refractivity (Wildman–Crippen MR) is 71.7 cm³/mol. The third kappa shape index (κ3) is 2.80. The van der Waals surface area contributed by atoms with Crippen molar-refractivity contribution < 1.29 is 19.7 Å². The number of hydrogen-bond acceptors (Lipinski definition) is 4. The van der Waals surface area contributed by atoms with E-state index in [1.165, 1.54) is 13.2 Å². The second kappa shape index (κ2) is 5.63. The van der Waals surface area contributed by atoms with Crippen molar-refractivity contribution >= 4 is 0 Å². The van der Waals surface area contributed by atoms with E-state index in [-0.39, 0.29) is 5.75 Å². The zero-order valence-corrected chi connectivity index (χ0v) is 10.8. The lowest BCUT2D eigenvalue weighted by Gasteiger charge is -2.14. The molecule has 2 N–H and O–H groups in total. The summed E-state index contributed by atoms with van der Waals surface area (Å²) in [5, 5.41) is 20.1. The summed E-state index contributed by atoms with van der Waals surface area (Å²) in [6.45, 7) is 0. The molecule has 0 bridgehead atoms. The van der Waals surface area contributed by atoms with Crippen molar-refractivity contribution in [2.24, 2.45) is 0 Å². The molecule has 2 aromatic rings. The summed E-state index contributed by atoms with van der Waals surface area (Å²) >= 11 is 0. The van der Waals surface area contributed by atoms with Crippen molar-refractivity contribution in [2.45, 2.75) is 6.10 Å². The maximum Gasteiger partial charge on any atom is 0.122 e. The zero-order valence-electron chi connectivity index (χ0n) is 10.8. The molecule has 0 saturated heterocycles.